The zero-order valence-electron chi connectivity index (χ0n) is 11.4. The van der Waals surface area contributed by atoms with Crippen LogP contribution >= 0.6 is 11.3 Å². The van der Waals surface area contributed by atoms with Crippen molar-refractivity contribution in [2.24, 2.45) is 0 Å². The Bertz CT molecular complexity index is 675. The quantitative estimate of drug-likeness (QED) is 0.910. The Morgan fingerprint density at radius 1 is 1.14 bits per heavy atom. The normalized spacial score (nSPS) is 18.1. The molecule has 0 saturated heterocycles. The first kappa shape index (κ1) is 12.7. The van der Waals surface area contributed by atoms with Gasteiger partial charge in [-0.15, -0.1) is 0 Å². The minimum atomic E-state index is -0.460. The zero-order chi connectivity index (χ0) is 14.3. The molecule has 1 aromatic carbocycles. The molecule has 108 valence electrons. The lowest BCUT2D eigenvalue weighted by molar-refractivity contribution is -0.0716. The molecule has 0 unspecified atom stereocenters. The molecule has 2 aliphatic rings. The number of fused-ring (bicyclic) bond motifs is 1. The maximum Gasteiger partial charge on any atom is 0.256 e. The van der Waals surface area contributed by atoms with Gasteiger partial charge >= 0.3 is 0 Å². The van der Waals surface area contributed by atoms with Gasteiger partial charge in [0.1, 0.15) is 0 Å². The molecule has 1 N–H and O–H groups in total. The molecule has 1 fully saturated rings. The number of anilines is 1. The average Bonchev–Trinajstić information content (AvgIpc) is 3.19. The van der Waals surface area contributed by atoms with Crippen LogP contribution in [-0.4, -0.2) is 11.7 Å². The fourth-order valence-electron chi connectivity index (χ4n) is 2.89. The number of thiophene rings is 1. The molecule has 21 heavy (non-hydrogen) atoms. The second-order valence-corrected chi connectivity index (χ2v) is 6.23. The van der Waals surface area contributed by atoms with E-state index in [4.69, 9.17) is 9.47 Å². The van der Waals surface area contributed by atoms with Gasteiger partial charge in [0, 0.05) is 30.0 Å². The third-order valence-corrected chi connectivity index (χ3v) is 4.63. The van der Waals surface area contributed by atoms with Gasteiger partial charge in [0.25, 0.3) is 11.7 Å². The molecule has 1 spiro atoms. The lowest BCUT2D eigenvalue weighted by Crippen LogP contribution is -2.34. The topological polar surface area (TPSA) is 47.6 Å². The summed E-state index contributed by atoms with van der Waals surface area (Å²) in [6.07, 6.45) is 4.13. The Balaban J connectivity index is 1.53. The summed E-state index contributed by atoms with van der Waals surface area (Å²) in [5.41, 5.74) is 1.40. The second kappa shape index (κ2) is 4.77. The monoisotopic (exact) mass is 301 g/mol. The Morgan fingerprint density at radius 2 is 1.95 bits per heavy atom. The smallest absolute Gasteiger partial charge is 0.256 e. The molecule has 4 nitrogen and oxygen atoms in total. The van der Waals surface area contributed by atoms with Crippen LogP contribution in [0.5, 0.6) is 11.5 Å². The zero-order valence-corrected chi connectivity index (χ0v) is 12.2. The maximum absolute atomic E-state index is 12.0. The van der Waals surface area contributed by atoms with E-state index in [0.29, 0.717) is 5.56 Å². The Hall–Kier alpha value is -2.01. The molecule has 1 aliphatic heterocycles. The number of carbonyl (C=O) groups excluding carboxylic acids is 1. The highest BCUT2D eigenvalue weighted by Crippen LogP contribution is 2.47. The van der Waals surface area contributed by atoms with Crippen LogP contribution in [0.3, 0.4) is 0 Å². The van der Waals surface area contributed by atoms with Crippen LogP contribution in [0.25, 0.3) is 0 Å². The third kappa shape index (κ3) is 2.27. The molecule has 1 aliphatic carbocycles. The van der Waals surface area contributed by atoms with E-state index in [1.165, 1.54) is 11.3 Å². The second-order valence-electron chi connectivity index (χ2n) is 5.45. The van der Waals surface area contributed by atoms with Crippen molar-refractivity contribution in [3.05, 3.63) is 40.6 Å². The molecule has 0 atom stereocenters. The van der Waals surface area contributed by atoms with Crippen LogP contribution in [0.1, 0.15) is 36.0 Å². The van der Waals surface area contributed by atoms with E-state index in [9.17, 15) is 4.79 Å². The average molecular weight is 301 g/mol. The molecule has 1 aromatic heterocycles. The van der Waals surface area contributed by atoms with E-state index >= 15 is 0 Å². The first-order valence-electron chi connectivity index (χ1n) is 7.10. The summed E-state index contributed by atoms with van der Waals surface area (Å²) in [5.74, 6) is 0.925. The molecule has 5 heteroatoms. The van der Waals surface area contributed by atoms with Gasteiger partial charge < -0.3 is 14.8 Å². The van der Waals surface area contributed by atoms with Crippen molar-refractivity contribution >= 4 is 22.9 Å². The van der Waals surface area contributed by atoms with E-state index in [1.54, 1.807) is 6.07 Å². The SMILES string of the molecule is O=C(Nc1ccc2c(c1)OC1(CCCC1)O2)c1ccsc1. The van der Waals surface area contributed by atoms with Gasteiger partial charge in [0.2, 0.25) is 0 Å². The van der Waals surface area contributed by atoms with Crippen molar-refractivity contribution in [3.8, 4) is 11.5 Å². The molecule has 1 amide bonds. The Morgan fingerprint density at radius 3 is 2.71 bits per heavy atom. The van der Waals surface area contributed by atoms with Gasteiger partial charge in [-0.1, -0.05) is 0 Å². The summed E-state index contributed by atoms with van der Waals surface area (Å²) in [7, 11) is 0. The van der Waals surface area contributed by atoms with E-state index in [0.717, 1.165) is 42.9 Å². The molecule has 2 aromatic rings. The highest BCUT2D eigenvalue weighted by molar-refractivity contribution is 7.08. The largest absolute Gasteiger partial charge is 0.448 e. The van der Waals surface area contributed by atoms with Crippen LogP contribution in [0.15, 0.2) is 35.0 Å². The van der Waals surface area contributed by atoms with Gasteiger partial charge in [-0.3, -0.25) is 4.79 Å². The predicted octanol–water partition coefficient (Wildman–Crippen LogP) is 4.04. The van der Waals surface area contributed by atoms with Crippen molar-refractivity contribution in [2.45, 2.75) is 31.5 Å². The van der Waals surface area contributed by atoms with Gasteiger partial charge in [-0.2, -0.15) is 11.3 Å². The summed E-state index contributed by atoms with van der Waals surface area (Å²) < 4.78 is 12.0. The third-order valence-electron chi connectivity index (χ3n) is 3.94. The summed E-state index contributed by atoms with van der Waals surface area (Å²) in [5, 5.41) is 6.60. The predicted molar refractivity (Wildman–Crippen MR) is 81.2 cm³/mol. The first-order valence-corrected chi connectivity index (χ1v) is 8.04. The molecular formula is C16H15NO3S. The van der Waals surface area contributed by atoms with Crippen LogP contribution in [0, 0.1) is 0 Å². The molecule has 1 saturated carbocycles. The minimum Gasteiger partial charge on any atom is -0.448 e. The minimum absolute atomic E-state index is 0.106. The van der Waals surface area contributed by atoms with Crippen molar-refractivity contribution in [1.29, 1.82) is 0 Å². The van der Waals surface area contributed by atoms with Gasteiger partial charge in [-0.25, -0.2) is 0 Å². The van der Waals surface area contributed by atoms with Crippen LogP contribution in [0.4, 0.5) is 5.69 Å². The van der Waals surface area contributed by atoms with Crippen molar-refractivity contribution < 1.29 is 14.3 Å². The van der Waals surface area contributed by atoms with Crippen molar-refractivity contribution in [1.82, 2.24) is 0 Å². The molecule has 2 heterocycles. The number of hydrogen-bond acceptors (Lipinski definition) is 4. The maximum atomic E-state index is 12.0. The number of amides is 1. The summed E-state index contributed by atoms with van der Waals surface area (Å²) >= 11 is 1.51. The lowest BCUT2D eigenvalue weighted by Gasteiger charge is -2.21. The summed E-state index contributed by atoms with van der Waals surface area (Å²) in [4.78, 5) is 12.0. The highest BCUT2D eigenvalue weighted by Gasteiger charge is 2.44. The van der Waals surface area contributed by atoms with Gasteiger partial charge in [0.15, 0.2) is 11.5 Å². The van der Waals surface area contributed by atoms with E-state index in [2.05, 4.69) is 5.32 Å². The van der Waals surface area contributed by atoms with Gasteiger partial charge in [-0.05, 0) is 36.4 Å². The van der Waals surface area contributed by atoms with Crippen molar-refractivity contribution in [2.75, 3.05) is 5.32 Å². The van der Waals surface area contributed by atoms with Crippen LogP contribution < -0.4 is 14.8 Å². The van der Waals surface area contributed by atoms with Crippen molar-refractivity contribution in [3.63, 3.8) is 0 Å². The van der Waals surface area contributed by atoms with Crippen LogP contribution in [0.2, 0.25) is 0 Å². The lowest BCUT2D eigenvalue weighted by atomic mass is 10.2. The van der Waals surface area contributed by atoms with E-state index in [-0.39, 0.29) is 5.91 Å². The number of benzene rings is 1. The fraction of sp³-hybridized carbons (Fsp3) is 0.312. The summed E-state index contributed by atoms with van der Waals surface area (Å²) in [6, 6.07) is 7.36. The van der Waals surface area contributed by atoms with Crippen LogP contribution in [-0.2, 0) is 0 Å². The van der Waals surface area contributed by atoms with E-state index < -0.39 is 5.79 Å². The molecular weight excluding hydrogens is 286 g/mol. The van der Waals surface area contributed by atoms with E-state index in [1.807, 2.05) is 29.0 Å². The molecule has 0 bridgehead atoms. The number of rotatable bonds is 2. The first-order chi connectivity index (χ1) is 10.2. The van der Waals surface area contributed by atoms with Gasteiger partial charge in [0.05, 0.1) is 5.56 Å². The number of carbonyl (C=O) groups is 1. The number of ether oxygens (including phenoxy) is 2. The summed E-state index contributed by atoms with van der Waals surface area (Å²) in [6.45, 7) is 0. The Labute approximate surface area is 126 Å². The number of nitrogens with one attached hydrogen (secondary N) is 1. The Kier molecular flexibility index (Phi) is 2.89. The fourth-order valence-corrected chi connectivity index (χ4v) is 3.52. The molecule has 0 radical (unpaired) electrons. The standard InChI is InChI=1S/C16H15NO3S/c18-15(11-5-8-21-10-11)17-12-3-4-13-14(9-12)20-16(19-13)6-1-2-7-16/h3-5,8-10H,1-2,6-7H2,(H,17,18). The molecule has 4 rings (SSSR count). The number of hydrogen-bond donors (Lipinski definition) is 1. The highest BCUT2D eigenvalue weighted by atomic mass is 32.1.